The Labute approximate surface area is 242 Å². The molecule has 0 amide bonds. The molecule has 0 spiro atoms. The quantitative estimate of drug-likeness (QED) is 0.161. The number of hydrogen-bond acceptors (Lipinski definition) is 3. The molecule has 4 heteroatoms. The summed E-state index contributed by atoms with van der Waals surface area (Å²) in [5.41, 5.74) is 9.91. The summed E-state index contributed by atoms with van der Waals surface area (Å²) in [5.74, 6) is 0.860. The molecule has 0 saturated carbocycles. The van der Waals surface area contributed by atoms with Crippen LogP contribution >= 0.6 is 11.6 Å². The third kappa shape index (κ3) is 3.40. The molecule has 0 aliphatic carbocycles. The predicted molar refractivity (Wildman–Crippen MR) is 167 cm³/mol. The Balaban J connectivity index is 1.48. The van der Waals surface area contributed by atoms with Crippen molar-refractivity contribution in [2.75, 3.05) is 7.11 Å². The molecule has 3 nitrogen and oxygen atoms in total. The summed E-state index contributed by atoms with van der Waals surface area (Å²) in [6, 6.07) is 30.7. The van der Waals surface area contributed by atoms with Gasteiger partial charge in [0.05, 0.1) is 33.5 Å². The zero-order chi connectivity index (χ0) is 27.2. The molecule has 2 aliphatic rings. The van der Waals surface area contributed by atoms with Crippen LogP contribution < -0.4 is 4.74 Å². The first-order valence-corrected chi connectivity index (χ1v) is 14.4. The van der Waals surface area contributed by atoms with Gasteiger partial charge in [0, 0.05) is 5.02 Å². The number of rotatable bonds is 3. The molecule has 2 aliphatic heterocycles. The lowest BCUT2D eigenvalue weighted by Gasteiger charge is -2.21. The molecule has 7 aromatic carbocycles. The van der Waals surface area contributed by atoms with Gasteiger partial charge in [0.25, 0.3) is 0 Å². The van der Waals surface area contributed by atoms with E-state index in [1.165, 1.54) is 82.0 Å². The Morgan fingerprint density at radius 2 is 1.02 bits per heavy atom. The summed E-state index contributed by atoms with van der Waals surface area (Å²) in [7, 11) is 1.71. The molecule has 0 saturated heterocycles. The van der Waals surface area contributed by atoms with E-state index in [0.29, 0.717) is 26.4 Å². The highest BCUT2D eigenvalue weighted by Gasteiger charge is 2.26. The van der Waals surface area contributed by atoms with E-state index in [1.807, 2.05) is 24.3 Å². The van der Waals surface area contributed by atoms with Crippen LogP contribution in [0.5, 0.6) is 5.75 Å². The summed E-state index contributed by atoms with van der Waals surface area (Å²) >= 11 is 6.26. The SMILES string of the molecule is COc1ccc(-c2cc3cc4c(c5c6cc(-c7ccc(Cl)cc7)cc7cc8c(c(c(c2)c35)c76)COC8)COC4)cc1. The molecule has 0 bridgehead atoms. The molecular weight excluding hydrogens is 528 g/mol. The van der Waals surface area contributed by atoms with Crippen molar-refractivity contribution in [1.82, 2.24) is 0 Å². The summed E-state index contributed by atoms with van der Waals surface area (Å²) < 4.78 is 17.6. The maximum atomic E-state index is 6.26. The number of ether oxygens (including phenoxy) is 3. The Kier molecular flexibility index (Phi) is 4.98. The first kappa shape index (κ1) is 23.5. The molecule has 0 aromatic heterocycles. The predicted octanol–water partition coefficient (Wildman–Crippen LogP) is 9.79. The van der Waals surface area contributed by atoms with Gasteiger partial charge in [-0.05, 0) is 148 Å². The van der Waals surface area contributed by atoms with Crippen LogP contribution in [0.4, 0.5) is 0 Å². The van der Waals surface area contributed by atoms with Crippen LogP contribution in [0.3, 0.4) is 0 Å². The van der Waals surface area contributed by atoms with E-state index in [-0.39, 0.29) is 0 Å². The Hall–Kier alpha value is -4.15. The van der Waals surface area contributed by atoms with Crippen molar-refractivity contribution in [3.05, 3.63) is 112 Å². The van der Waals surface area contributed by atoms with Crippen molar-refractivity contribution in [2.24, 2.45) is 0 Å². The molecule has 0 atom stereocenters. The average molecular weight is 553 g/mol. The van der Waals surface area contributed by atoms with Gasteiger partial charge in [-0.1, -0.05) is 35.9 Å². The summed E-state index contributed by atoms with van der Waals surface area (Å²) in [6.45, 7) is 2.56. The van der Waals surface area contributed by atoms with Gasteiger partial charge < -0.3 is 14.2 Å². The third-order valence-corrected chi connectivity index (χ3v) is 9.28. The van der Waals surface area contributed by atoms with Gasteiger partial charge in [0.2, 0.25) is 0 Å². The topological polar surface area (TPSA) is 27.7 Å². The van der Waals surface area contributed by atoms with Gasteiger partial charge in [0.1, 0.15) is 5.75 Å². The van der Waals surface area contributed by atoms with Gasteiger partial charge in [-0.3, -0.25) is 0 Å². The van der Waals surface area contributed by atoms with Crippen LogP contribution in [-0.2, 0) is 35.9 Å². The van der Waals surface area contributed by atoms with Crippen molar-refractivity contribution in [2.45, 2.75) is 26.4 Å². The summed E-state index contributed by atoms with van der Waals surface area (Å²) in [5, 5.41) is 11.1. The fraction of sp³-hybridized carbons (Fsp3) is 0.135. The second-order valence-electron chi connectivity index (χ2n) is 11.2. The fourth-order valence-corrected chi connectivity index (χ4v) is 7.27. The van der Waals surface area contributed by atoms with Crippen LogP contribution in [0.15, 0.2) is 84.9 Å². The van der Waals surface area contributed by atoms with E-state index >= 15 is 0 Å². The Morgan fingerprint density at radius 1 is 0.537 bits per heavy atom. The van der Waals surface area contributed by atoms with Crippen LogP contribution in [0.2, 0.25) is 5.02 Å². The highest BCUT2D eigenvalue weighted by Crippen LogP contribution is 2.49. The van der Waals surface area contributed by atoms with Gasteiger partial charge in [-0.15, -0.1) is 0 Å². The lowest BCUT2D eigenvalue weighted by Crippen LogP contribution is -1.97. The summed E-state index contributed by atoms with van der Waals surface area (Å²) in [6.07, 6.45) is 0. The van der Waals surface area contributed by atoms with Gasteiger partial charge in [-0.25, -0.2) is 0 Å². The molecular formula is C37H25ClO3. The number of fused-ring (bicyclic) bond motifs is 6. The number of benzene rings is 7. The maximum Gasteiger partial charge on any atom is 0.118 e. The smallest absolute Gasteiger partial charge is 0.118 e. The average Bonchev–Trinajstić information content (AvgIpc) is 3.68. The van der Waals surface area contributed by atoms with Crippen molar-refractivity contribution in [3.63, 3.8) is 0 Å². The fourth-order valence-electron chi connectivity index (χ4n) is 7.15. The van der Waals surface area contributed by atoms with Crippen LogP contribution in [0.25, 0.3) is 65.3 Å². The molecule has 9 rings (SSSR count). The monoisotopic (exact) mass is 552 g/mol. The zero-order valence-electron chi connectivity index (χ0n) is 22.5. The molecule has 0 radical (unpaired) electrons. The summed E-state index contributed by atoms with van der Waals surface area (Å²) in [4.78, 5) is 0. The normalized spacial score (nSPS) is 14.5. The second kappa shape index (κ2) is 8.67. The van der Waals surface area contributed by atoms with E-state index in [1.54, 1.807) is 7.11 Å². The van der Waals surface area contributed by atoms with Crippen molar-refractivity contribution < 1.29 is 14.2 Å². The van der Waals surface area contributed by atoms with Crippen LogP contribution in [0.1, 0.15) is 22.3 Å². The van der Waals surface area contributed by atoms with Gasteiger partial charge in [-0.2, -0.15) is 0 Å². The van der Waals surface area contributed by atoms with Crippen molar-refractivity contribution in [3.8, 4) is 28.0 Å². The van der Waals surface area contributed by atoms with Gasteiger partial charge in [0.15, 0.2) is 0 Å². The van der Waals surface area contributed by atoms with Crippen LogP contribution in [-0.4, -0.2) is 7.11 Å². The van der Waals surface area contributed by atoms with Gasteiger partial charge >= 0.3 is 0 Å². The minimum Gasteiger partial charge on any atom is -0.497 e. The maximum absolute atomic E-state index is 6.26. The van der Waals surface area contributed by atoms with E-state index in [2.05, 4.69) is 60.7 Å². The molecule has 0 fully saturated rings. The third-order valence-electron chi connectivity index (χ3n) is 9.02. The number of halogens is 1. The minimum absolute atomic E-state index is 0.635. The lowest BCUT2D eigenvalue weighted by molar-refractivity contribution is 0.135. The van der Waals surface area contributed by atoms with Crippen LogP contribution in [0, 0.1) is 0 Å². The van der Waals surface area contributed by atoms with E-state index < -0.39 is 0 Å². The second-order valence-corrected chi connectivity index (χ2v) is 11.7. The van der Waals surface area contributed by atoms with E-state index in [0.717, 1.165) is 16.3 Å². The van der Waals surface area contributed by atoms with Crippen molar-refractivity contribution >= 4 is 54.7 Å². The molecule has 0 N–H and O–H groups in total. The largest absolute Gasteiger partial charge is 0.497 e. The van der Waals surface area contributed by atoms with E-state index in [4.69, 9.17) is 25.8 Å². The number of methoxy groups -OCH3 is 1. The molecule has 198 valence electrons. The number of hydrogen-bond donors (Lipinski definition) is 0. The molecule has 2 heterocycles. The molecule has 7 aromatic rings. The first-order valence-electron chi connectivity index (χ1n) is 14.0. The standard InChI is InChI=1S/C37H25ClO3/c1-39-29-8-4-21(5-9-29)23-11-25-13-27-17-41-18-32(27)36-30-14-22(20-2-6-28(38)7-3-20)10-24-12-26-16-40-19-33(26)37(34(24)30)31(15-23)35(25)36/h2-15H,16-19H2,1H3. The Bertz CT molecular complexity index is 2180. The first-order chi connectivity index (χ1) is 20.2. The lowest BCUT2D eigenvalue weighted by atomic mass is 9.82. The molecule has 0 unspecified atom stereocenters. The highest BCUT2D eigenvalue weighted by atomic mass is 35.5. The highest BCUT2D eigenvalue weighted by molar-refractivity contribution is 6.35. The zero-order valence-corrected chi connectivity index (χ0v) is 23.3. The molecule has 41 heavy (non-hydrogen) atoms. The van der Waals surface area contributed by atoms with E-state index in [9.17, 15) is 0 Å². The Morgan fingerprint density at radius 3 is 1.51 bits per heavy atom. The van der Waals surface area contributed by atoms with Crippen molar-refractivity contribution in [1.29, 1.82) is 0 Å². The minimum atomic E-state index is 0.635.